The first-order valence-corrected chi connectivity index (χ1v) is 10.6. The lowest BCUT2D eigenvalue weighted by molar-refractivity contribution is -0.141. The number of nitrogens with zero attached hydrogens (tertiary/aromatic N) is 3. The Morgan fingerprint density at radius 1 is 1.09 bits per heavy atom. The molecule has 2 heterocycles. The minimum atomic E-state index is -0.785. The van der Waals surface area contributed by atoms with Crippen LogP contribution in [0.4, 0.5) is 0 Å². The van der Waals surface area contributed by atoms with E-state index in [1.807, 2.05) is 24.3 Å². The van der Waals surface area contributed by atoms with Crippen LogP contribution in [0.5, 0.6) is 17.2 Å². The van der Waals surface area contributed by atoms with Gasteiger partial charge in [-0.1, -0.05) is 24.3 Å². The molecule has 0 radical (unpaired) electrons. The summed E-state index contributed by atoms with van der Waals surface area (Å²) in [7, 11) is 1.25. The predicted molar refractivity (Wildman–Crippen MR) is 126 cm³/mol. The van der Waals surface area contributed by atoms with Crippen LogP contribution in [0.15, 0.2) is 73.1 Å². The van der Waals surface area contributed by atoms with Gasteiger partial charge in [0.15, 0.2) is 11.4 Å². The molecular weight excluding hydrogens is 448 g/mol. The number of nitrogens with one attached hydrogen (secondary N) is 1. The van der Waals surface area contributed by atoms with Gasteiger partial charge in [0.25, 0.3) is 5.91 Å². The molecule has 9 nitrogen and oxygen atoms in total. The Morgan fingerprint density at radius 2 is 1.89 bits per heavy atom. The van der Waals surface area contributed by atoms with E-state index in [2.05, 4.69) is 15.3 Å². The van der Waals surface area contributed by atoms with Gasteiger partial charge in [-0.2, -0.15) is 5.26 Å². The summed E-state index contributed by atoms with van der Waals surface area (Å²) >= 11 is 0. The zero-order valence-electron chi connectivity index (χ0n) is 18.6. The summed E-state index contributed by atoms with van der Waals surface area (Å²) in [5.74, 6) is -0.661. The van der Waals surface area contributed by atoms with Gasteiger partial charge in [-0.05, 0) is 42.0 Å². The van der Waals surface area contributed by atoms with Crippen molar-refractivity contribution in [1.29, 1.82) is 5.26 Å². The van der Waals surface area contributed by atoms with Crippen LogP contribution in [0.3, 0.4) is 0 Å². The molecule has 0 spiro atoms. The SMILES string of the molecule is COC(=O)C[C@H](NC(=O)c1nc(C#N)c2cc(Oc3ccccc3)ccc2c1O)c1cccnc1. The second-order valence-corrected chi connectivity index (χ2v) is 7.48. The normalized spacial score (nSPS) is 11.3. The van der Waals surface area contributed by atoms with E-state index in [1.54, 1.807) is 48.7 Å². The molecule has 0 saturated carbocycles. The van der Waals surface area contributed by atoms with Crippen LogP contribution in [0.1, 0.15) is 34.2 Å². The maximum atomic E-state index is 13.1. The van der Waals surface area contributed by atoms with E-state index in [-0.39, 0.29) is 23.2 Å². The number of para-hydroxylation sites is 1. The minimum Gasteiger partial charge on any atom is -0.505 e. The van der Waals surface area contributed by atoms with Crippen molar-refractivity contribution in [3.8, 4) is 23.3 Å². The number of rotatable bonds is 7. The summed E-state index contributed by atoms with van der Waals surface area (Å²) in [5.41, 5.74) is 0.159. The average Bonchev–Trinajstić information content (AvgIpc) is 2.89. The molecule has 0 unspecified atom stereocenters. The highest BCUT2D eigenvalue weighted by molar-refractivity contribution is 6.03. The lowest BCUT2D eigenvalue weighted by atomic mass is 10.0. The van der Waals surface area contributed by atoms with Crippen molar-refractivity contribution >= 4 is 22.6 Å². The van der Waals surface area contributed by atoms with Crippen molar-refractivity contribution in [2.75, 3.05) is 7.11 Å². The van der Waals surface area contributed by atoms with Gasteiger partial charge < -0.3 is 19.9 Å². The monoisotopic (exact) mass is 468 g/mol. The second kappa shape index (κ2) is 10.3. The Labute approximate surface area is 200 Å². The van der Waals surface area contributed by atoms with Gasteiger partial charge >= 0.3 is 5.97 Å². The number of hydrogen-bond donors (Lipinski definition) is 2. The van der Waals surface area contributed by atoms with Crippen LogP contribution in [-0.2, 0) is 9.53 Å². The number of pyridine rings is 2. The number of ether oxygens (including phenoxy) is 2. The van der Waals surface area contributed by atoms with E-state index < -0.39 is 23.7 Å². The summed E-state index contributed by atoms with van der Waals surface area (Å²) in [6.07, 6.45) is 2.91. The third-order valence-corrected chi connectivity index (χ3v) is 5.24. The maximum absolute atomic E-state index is 13.1. The Kier molecular flexibility index (Phi) is 6.83. The molecule has 1 amide bonds. The number of hydrogen-bond acceptors (Lipinski definition) is 8. The number of carbonyl (C=O) groups is 2. The van der Waals surface area contributed by atoms with Crippen molar-refractivity contribution < 1.29 is 24.2 Å². The number of carbonyl (C=O) groups excluding carboxylic acids is 2. The third-order valence-electron chi connectivity index (χ3n) is 5.24. The van der Waals surface area contributed by atoms with Crippen LogP contribution >= 0.6 is 0 Å². The van der Waals surface area contributed by atoms with Gasteiger partial charge in [0.2, 0.25) is 0 Å². The molecule has 35 heavy (non-hydrogen) atoms. The van der Waals surface area contributed by atoms with Gasteiger partial charge in [0.05, 0.1) is 19.6 Å². The molecule has 0 aliphatic rings. The summed E-state index contributed by atoms with van der Waals surface area (Å²) in [6, 6.07) is 18.4. The highest BCUT2D eigenvalue weighted by atomic mass is 16.5. The fourth-order valence-corrected chi connectivity index (χ4v) is 3.52. The summed E-state index contributed by atoms with van der Waals surface area (Å²) < 4.78 is 10.5. The largest absolute Gasteiger partial charge is 0.505 e. The van der Waals surface area contributed by atoms with Crippen molar-refractivity contribution in [2.45, 2.75) is 12.5 Å². The van der Waals surface area contributed by atoms with E-state index in [9.17, 15) is 20.0 Å². The third kappa shape index (κ3) is 5.17. The number of fused-ring (bicyclic) bond motifs is 1. The number of methoxy groups -OCH3 is 1. The fourth-order valence-electron chi connectivity index (χ4n) is 3.52. The summed E-state index contributed by atoms with van der Waals surface area (Å²) in [6.45, 7) is 0. The van der Waals surface area contributed by atoms with E-state index >= 15 is 0 Å². The number of aromatic nitrogens is 2. The molecule has 1 atom stereocenters. The Hall–Kier alpha value is -4.97. The molecule has 0 saturated heterocycles. The molecule has 4 aromatic rings. The molecule has 0 aliphatic carbocycles. The van der Waals surface area contributed by atoms with Gasteiger partial charge in [-0.15, -0.1) is 0 Å². The van der Waals surface area contributed by atoms with Crippen LogP contribution in [0.25, 0.3) is 10.8 Å². The quantitative estimate of drug-likeness (QED) is 0.388. The topological polar surface area (TPSA) is 134 Å². The van der Waals surface area contributed by atoms with Gasteiger partial charge in [-0.25, -0.2) is 4.98 Å². The van der Waals surface area contributed by atoms with Crippen LogP contribution in [0, 0.1) is 11.3 Å². The van der Waals surface area contributed by atoms with Crippen LogP contribution in [-0.4, -0.2) is 34.1 Å². The van der Waals surface area contributed by atoms with E-state index in [4.69, 9.17) is 9.47 Å². The first-order chi connectivity index (χ1) is 17.0. The molecule has 174 valence electrons. The molecule has 2 N–H and O–H groups in total. The fraction of sp³-hybridized carbons (Fsp3) is 0.115. The van der Waals surface area contributed by atoms with Crippen molar-refractivity contribution in [1.82, 2.24) is 15.3 Å². The smallest absolute Gasteiger partial charge is 0.307 e. The molecule has 0 bridgehead atoms. The van der Waals surface area contributed by atoms with Crippen molar-refractivity contribution in [3.63, 3.8) is 0 Å². The van der Waals surface area contributed by atoms with Crippen LogP contribution < -0.4 is 10.1 Å². The Morgan fingerprint density at radius 3 is 2.57 bits per heavy atom. The summed E-state index contributed by atoms with van der Waals surface area (Å²) in [5, 5.41) is 23.8. The molecule has 0 fully saturated rings. The lowest BCUT2D eigenvalue weighted by Crippen LogP contribution is -2.31. The van der Waals surface area contributed by atoms with Crippen molar-refractivity contribution in [2.24, 2.45) is 0 Å². The number of aromatic hydroxyl groups is 1. The highest BCUT2D eigenvalue weighted by Gasteiger charge is 2.25. The van der Waals surface area contributed by atoms with E-state index in [0.29, 0.717) is 22.4 Å². The van der Waals surface area contributed by atoms with Gasteiger partial charge in [0.1, 0.15) is 23.3 Å². The Bertz CT molecular complexity index is 1420. The molecular formula is C26H20N4O5. The highest BCUT2D eigenvalue weighted by Crippen LogP contribution is 2.34. The molecule has 9 heteroatoms. The average molecular weight is 468 g/mol. The predicted octanol–water partition coefficient (Wildman–Crippen LogP) is 4.03. The van der Waals surface area contributed by atoms with Crippen molar-refractivity contribution in [3.05, 3.63) is 90.0 Å². The zero-order chi connectivity index (χ0) is 24.8. The number of amides is 1. The molecule has 2 aromatic carbocycles. The van der Waals surface area contributed by atoms with Gasteiger partial charge in [0, 0.05) is 23.2 Å². The maximum Gasteiger partial charge on any atom is 0.307 e. The zero-order valence-corrected chi connectivity index (χ0v) is 18.6. The standard InChI is InChI=1S/C26H20N4O5/c1-34-23(31)13-21(16-6-5-11-28-15-16)30-26(33)24-25(32)19-10-9-18(12-20(19)22(14-27)29-24)35-17-7-3-2-4-8-17/h2-12,15,21,32H,13H2,1H3,(H,30,33)/t21-/m0/s1. The number of benzene rings is 2. The van der Waals surface area contributed by atoms with E-state index in [1.165, 1.54) is 13.3 Å². The number of nitriles is 1. The summed E-state index contributed by atoms with van der Waals surface area (Å²) in [4.78, 5) is 33.1. The first-order valence-electron chi connectivity index (χ1n) is 10.6. The molecule has 4 rings (SSSR count). The Balaban J connectivity index is 1.68. The van der Waals surface area contributed by atoms with Gasteiger partial charge in [-0.3, -0.25) is 14.6 Å². The first kappa shape index (κ1) is 23.2. The lowest BCUT2D eigenvalue weighted by Gasteiger charge is -2.18. The number of esters is 1. The van der Waals surface area contributed by atoms with E-state index in [0.717, 1.165) is 0 Å². The van der Waals surface area contributed by atoms with Crippen LogP contribution in [0.2, 0.25) is 0 Å². The molecule has 0 aliphatic heterocycles. The second-order valence-electron chi connectivity index (χ2n) is 7.48. The molecule has 2 aromatic heterocycles. The minimum absolute atomic E-state index is 0.0626.